The smallest absolute Gasteiger partial charge is 0.525 e. The van der Waals surface area contributed by atoms with Crippen LogP contribution >= 0.6 is 0 Å². The maximum absolute atomic E-state index is 6.49. The van der Waals surface area contributed by atoms with Crippen LogP contribution in [0.1, 0.15) is 0 Å². The fourth-order valence-electron chi connectivity index (χ4n) is 6.38. The number of hydrogen-bond donors (Lipinski definition) is 0. The summed E-state index contributed by atoms with van der Waals surface area (Å²) in [6, 6.07) is 54.8. The maximum Gasteiger partial charge on any atom is 0.658 e. The zero-order chi connectivity index (χ0) is 28.6. The Bertz CT molecular complexity index is 1980. The molecule has 0 spiro atoms. The van der Waals surface area contributed by atoms with Crippen molar-refractivity contribution in [3.05, 3.63) is 158 Å². The van der Waals surface area contributed by atoms with Gasteiger partial charge in [0, 0.05) is 21.5 Å². The van der Waals surface area contributed by atoms with Gasteiger partial charge in [-0.1, -0.05) is 158 Å². The highest BCUT2D eigenvalue weighted by Gasteiger charge is 2.19. The molecule has 8 rings (SSSR count). The standard InChI is InChI=1S/C40H26BO2/c1-3-15-27(16-4-1)37-29-19-7-11-23-33(29)39(34-24-12-8-20-30(34)37)42-41-43-40-35-25-13-9-21-31(35)38(28-17-5-2-6-18-28)32-22-10-14-26-36(32)40/h1-26H. The lowest BCUT2D eigenvalue weighted by molar-refractivity contribution is 0.470. The molecule has 1 radical (unpaired) electrons. The molecule has 0 N–H and O–H groups in total. The van der Waals surface area contributed by atoms with E-state index in [2.05, 4.69) is 158 Å². The zero-order valence-electron chi connectivity index (χ0n) is 23.4. The minimum Gasteiger partial charge on any atom is -0.525 e. The van der Waals surface area contributed by atoms with Gasteiger partial charge in [-0.2, -0.15) is 0 Å². The second-order valence-electron chi connectivity index (χ2n) is 10.7. The van der Waals surface area contributed by atoms with Gasteiger partial charge in [0.25, 0.3) is 0 Å². The average molecular weight is 549 g/mol. The average Bonchev–Trinajstić information content (AvgIpc) is 3.08. The molecule has 0 fully saturated rings. The number of rotatable bonds is 6. The molecule has 0 amide bonds. The molecular weight excluding hydrogens is 523 g/mol. The van der Waals surface area contributed by atoms with E-state index in [0.717, 1.165) is 54.6 Å². The molecule has 0 aliphatic heterocycles. The van der Waals surface area contributed by atoms with E-state index in [-0.39, 0.29) is 0 Å². The molecule has 0 aliphatic rings. The first-order valence-corrected chi connectivity index (χ1v) is 14.5. The Morgan fingerprint density at radius 2 is 0.535 bits per heavy atom. The Morgan fingerprint density at radius 1 is 0.279 bits per heavy atom. The molecule has 201 valence electrons. The van der Waals surface area contributed by atoms with Gasteiger partial charge in [0.05, 0.1) is 0 Å². The summed E-state index contributed by atoms with van der Waals surface area (Å²) in [6.07, 6.45) is 0. The first-order valence-electron chi connectivity index (χ1n) is 14.5. The van der Waals surface area contributed by atoms with Crippen molar-refractivity contribution >= 4 is 50.8 Å². The summed E-state index contributed by atoms with van der Waals surface area (Å²) >= 11 is 0. The fourth-order valence-corrected chi connectivity index (χ4v) is 6.38. The van der Waals surface area contributed by atoms with Crippen molar-refractivity contribution in [2.24, 2.45) is 0 Å². The third kappa shape index (κ3) is 4.29. The van der Waals surface area contributed by atoms with Crippen molar-refractivity contribution in [2.75, 3.05) is 0 Å². The Kier molecular flexibility index (Phi) is 6.27. The largest absolute Gasteiger partial charge is 0.658 e. The highest BCUT2D eigenvalue weighted by molar-refractivity contribution is 6.27. The van der Waals surface area contributed by atoms with Gasteiger partial charge >= 0.3 is 7.69 Å². The minimum absolute atomic E-state index is 0.778. The van der Waals surface area contributed by atoms with E-state index in [1.165, 1.54) is 29.9 Å². The molecule has 0 saturated heterocycles. The van der Waals surface area contributed by atoms with Crippen molar-refractivity contribution in [1.29, 1.82) is 0 Å². The summed E-state index contributed by atoms with van der Waals surface area (Å²) < 4.78 is 13.0. The van der Waals surface area contributed by atoms with Crippen molar-refractivity contribution < 1.29 is 9.31 Å². The molecular formula is C40H26BO2. The molecule has 8 aromatic carbocycles. The van der Waals surface area contributed by atoms with Crippen LogP contribution in [0.15, 0.2) is 158 Å². The van der Waals surface area contributed by atoms with Gasteiger partial charge in [-0.05, 0) is 43.8 Å². The van der Waals surface area contributed by atoms with Crippen LogP contribution in [0.25, 0.3) is 65.3 Å². The summed E-state index contributed by atoms with van der Waals surface area (Å²) in [4.78, 5) is 0. The van der Waals surface area contributed by atoms with Crippen molar-refractivity contribution in [1.82, 2.24) is 0 Å². The molecule has 0 atom stereocenters. The van der Waals surface area contributed by atoms with Crippen LogP contribution in [0.4, 0.5) is 0 Å². The van der Waals surface area contributed by atoms with Crippen LogP contribution in [0.2, 0.25) is 0 Å². The topological polar surface area (TPSA) is 18.5 Å². The summed E-state index contributed by atoms with van der Waals surface area (Å²) in [5.41, 5.74) is 4.76. The highest BCUT2D eigenvalue weighted by atomic mass is 16.6. The third-order valence-electron chi connectivity index (χ3n) is 8.22. The third-order valence-corrected chi connectivity index (χ3v) is 8.22. The molecule has 0 unspecified atom stereocenters. The monoisotopic (exact) mass is 549 g/mol. The SMILES string of the molecule is [B](Oc1c2ccccc2c(-c2ccccc2)c2ccccc12)Oc1c2ccccc2c(-c2ccccc2)c2ccccc12. The summed E-state index contributed by atoms with van der Waals surface area (Å²) in [7, 11) is 1.49. The van der Waals surface area contributed by atoms with Gasteiger partial charge in [0.2, 0.25) is 0 Å². The summed E-state index contributed by atoms with van der Waals surface area (Å²) in [6.45, 7) is 0. The molecule has 3 heteroatoms. The van der Waals surface area contributed by atoms with Crippen molar-refractivity contribution in [3.63, 3.8) is 0 Å². The molecule has 2 nitrogen and oxygen atoms in total. The molecule has 0 aliphatic carbocycles. The van der Waals surface area contributed by atoms with Gasteiger partial charge in [-0.25, -0.2) is 0 Å². The summed E-state index contributed by atoms with van der Waals surface area (Å²) in [5, 5.41) is 8.70. The number of fused-ring (bicyclic) bond motifs is 4. The van der Waals surface area contributed by atoms with E-state index in [1.807, 2.05) is 0 Å². The van der Waals surface area contributed by atoms with Crippen LogP contribution in [0.3, 0.4) is 0 Å². The van der Waals surface area contributed by atoms with Crippen LogP contribution in [0.5, 0.6) is 11.5 Å². The van der Waals surface area contributed by atoms with Gasteiger partial charge in [-0.15, -0.1) is 0 Å². The normalized spacial score (nSPS) is 11.3. The first-order chi connectivity index (χ1) is 21.4. The van der Waals surface area contributed by atoms with Gasteiger partial charge < -0.3 is 9.31 Å². The van der Waals surface area contributed by atoms with Crippen LogP contribution < -0.4 is 9.31 Å². The van der Waals surface area contributed by atoms with E-state index >= 15 is 0 Å². The maximum atomic E-state index is 6.49. The molecule has 0 heterocycles. The van der Waals surface area contributed by atoms with Crippen LogP contribution in [-0.4, -0.2) is 7.69 Å². The van der Waals surface area contributed by atoms with E-state index in [4.69, 9.17) is 9.31 Å². The Labute approximate surface area is 251 Å². The van der Waals surface area contributed by atoms with E-state index < -0.39 is 0 Å². The second kappa shape index (κ2) is 10.7. The van der Waals surface area contributed by atoms with Crippen molar-refractivity contribution in [2.45, 2.75) is 0 Å². The molecule has 43 heavy (non-hydrogen) atoms. The molecule has 0 aromatic heterocycles. The van der Waals surface area contributed by atoms with Crippen LogP contribution in [-0.2, 0) is 0 Å². The lowest BCUT2D eigenvalue weighted by Gasteiger charge is -2.19. The Hall–Kier alpha value is -5.54. The molecule has 0 saturated carbocycles. The van der Waals surface area contributed by atoms with Gasteiger partial charge in [-0.3, -0.25) is 0 Å². The zero-order valence-corrected chi connectivity index (χ0v) is 23.4. The highest BCUT2D eigenvalue weighted by Crippen LogP contribution is 2.45. The Balaban J connectivity index is 1.26. The van der Waals surface area contributed by atoms with E-state index in [1.54, 1.807) is 0 Å². The first kappa shape index (κ1) is 25.2. The lowest BCUT2D eigenvalue weighted by Crippen LogP contribution is -2.12. The minimum atomic E-state index is 0.778. The van der Waals surface area contributed by atoms with E-state index in [0.29, 0.717) is 0 Å². The number of benzene rings is 8. The molecule has 8 aromatic rings. The van der Waals surface area contributed by atoms with Gasteiger partial charge in [0.15, 0.2) is 0 Å². The fraction of sp³-hybridized carbons (Fsp3) is 0. The molecule has 0 bridgehead atoms. The second-order valence-corrected chi connectivity index (χ2v) is 10.7. The predicted molar refractivity (Wildman–Crippen MR) is 181 cm³/mol. The lowest BCUT2D eigenvalue weighted by atomic mass is 9.91. The Morgan fingerprint density at radius 3 is 0.837 bits per heavy atom. The predicted octanol–water partition coefficient (Wildman–Crippen LogP) is 10.6. The van der Waals surface area contributed by atoms with Gasteiger partial charge in [0.1, 0.15) is 11.5 Å². The number of hydrogen-bond acceptors (Lipinski definition) is 2. The van der Waals surface area contributed by atoms with Crippen LogP contribution in [0, 0.1) is 0 Å². The summed E-state index contributed by atoms with van der Waals surface area (Å²) in [5.74, 6) is 1.56. The van der Waals surface area contributed by atoms with Crippen molar-refractivity contribution in [3.8, 4) is 33.8 Å². The van der Waals surface area contributed by atoms with E-state index in [9.17, 15) is 0 Å². The quantitative estimate of drug-likeness (QED) is 0.152.